The Kier molecular flexibility index (Phi) is 5.50. The van der Waals surface area contributed by atoms with E-state index in [1.807, 2.05) is 19.1 Å². The Morgan fingerprint density at radius 3 is 1.93 bits per heavy atom. The van der Waals surface area contributed by atoms with Gasteiger partial charge < -0.3 is 19.3 Å². The number of hydrogen-bond donors (Lipinski definition) is 1. The van der Waals surface area contributed by atoms with Gasteiger partial charge in [0.1, 0.15) is 11.5 Å². The normalized spacial score (nSPS) is 14.8. The van der Waals surface area contributed by atoms with Crippen LogP contribution in [0.1, 0.15) is 83.6 Å². The summed E-state index contributed by atoms with van der Waals surface area (Å²) in [6.07, 6.45) is 0. The Morgan fingerprint density at radius 1 is 0.931 bits per heavy atom. The maximum absolute atomic E-state index is 11.0. The first-order chi connectivity index (χ1) is 13.4. The van der Waals surface area contributed by atoms with Crippen LogP contribution in [-0.2, 0) is 10.8 Å². The van der Waals surface area contributed by atoms with Crippen LogP contribution in [0.4, 0.5) is 0 Å². The number of hydrogen-bond acceptors (Lipinski definition) is 4. The van der Waals surface area contributed by atoms with Crippen molar-refractivity contribution in [2.24, 2.45) is 0 Å². The number of aromatic hydroxyl groups is 1. The molecule has 1 aliphatic heterocycles. The third kappa shape index (κ3) is 4.17. The smallest absolute Gasteiger partial charge is 0.231 e. The van der Waals surface area contributed by atoms with Gasteiger partial charge in [-0.3, -0.25) is 0 Å². The number of phenols is 1. The van der Waals surface area contributed by atoms with E-state index in [-0.39, 0.29) is 23.5 Å². The number of ether oxygens (including phenoxy) is 3. The molecule has 3 rings (SSSR count). The highest BCUT2D eigenvalue weighted by atomic mass is 16.7. The molecule has 1 unspecified atom stereocenters. The van der Waals surface area contributed by atoms with Crippen LogP contribution in [0, 0.1) is 0 Å². The molecule has 0 spiro atoms. The van der Waals surface area contributed by atoms with Crippen molar-refractivity contribution < 1.29 is 19.3 Å². The van der Waals surface area contributed by atoms with Crippen molar-refractivity contribution in [3.8, 4) is 23.0 Å². The largest absolute Gasteiger partial charge is 0.507 e. The fraction of sp³-hybridized carbons (Fsp3) is 0.520. The molecule has 0 saturated carbocycles. The molecule has 0 saturated heterocycles. The van der Waals surface area contributed by atoms with Gasteiger partial charge in [-0.15, -0.1) is 0 Å². The summed E-state index contributed by atoms with van der Waals surface area (Å²) in [4.78, 5) is 0. The molecule has 1 N–H and O–H groups in total. The lowest BCUT2D eigenvalue weighted by molar-refractivity contribution is 0.173. The summed E-state index contributed by atoms with van der Waals surface area (Å²) >= 11 is 0. The topological polar surface area (TPSA) is 47.9 Å². The van der Waals surface area contributed by atoms with Gasteiger partial charge in [0.2, 0.25) is 6.79 Å². The van der Waals surface area contributed by atoms with Crippen LogP contribution in [0.3, 0.4) is 0 Å². The van der Waals surface area contributed by atoms with E-state index in [9.17, 15) is 5.11 Å². The highest BCUT2D eigenvalue weighted by molar-refractivity contribution is 5.57. The highest BCUT2D eigenvalue weighted by Crippen LogP contribution is 2.45. The van der Waals surface area contributed by atoms with E-state index in [2.05, 4.69) is 60.6 Å². The molecule has 0 aromatic heterocycles. The van der Waals surface area contributed by atoms with Crippen LogP contribution in [0.2, 0.25) is 0 Å². The standard InChI is InChI=1S/C25H34O4/c1-9-27-20-13-22-21(28-14-29-22)12-17(20)15(2)16-10-18(24(3,4)5)23(26)19(11-16)25(6,7)8/h10-13,15,26H,9,14H2,1-8H3. The Morgan fingerprint density at radius 2 is 1.45 bits per heavy atom. The summed E-state index contributed by atoms with van der Waals surface area (Å²) in [5.41, 5.74) is 3.80. The van der Waals surface area contributed by atoms with Crippen LogP contribution >= 0.6 is 0 Å². The van der Waals surface area contributed by atoms with Crippen molar-refractivity contribution in [2.45, 2.75) is 72.1 Å². The Bertz CT molecular complexity index is 865. The monoisotopic (exact) mass is 398 g/mol. The first-order valence-corrected chi connectivity index (χ1v) is 10.4. The molecule has 0 aliphatic carbocycles. The minimum absolute atomic E-state index is 0.0637. The van der Waals surface area contributed by atoms with Crippen molar-refractivity contribution in [3.63, 3.8) is 0 Å². The van der Waals surface area contributed by atoms with Crippen LogP contribution in [0.25, 0.3) is 0 Å². The summed E-state index contributed by atoms with van der Waals surface area (Å²) in [5, 5.41) is 11.0. The molecule has 1 aliphatic rings. The molecule has 2 aromatic rings. The van der Waals surface area contributed by atoms with E-state index in [1.165, 1.54) is 0 Å². The predicted molar refractivity (Wildman–Crippen MR) is 117 cm³/mol. The second-order valence-corrected chi connectivity index (χ2v) is 9.86. The molecular formula is C25H34O4. The van der Waals surface area contributed by atoms with Crippen molar-refractivity contribution >= 4 is 0 Å². The van der Waals surface area contributed by atoms with Gasteiger partial charge >= 0.3 is 0 Å². The quantitative estimate of drug-likeness (QED) is 0.660. The molecule has 4 heteroatoms. The number of rotatable bonds is 4. The van der Waals surface area contributed by atoms with E-state index in [0.717, 1.165) is 39.5 Å². The summed E-state index contributed by atoms with van der Waals surface area (Å²) in [7, 11) is 0. The molecule has 29 heavy (non-hydrogen) atoms. The first kappa shape index (κ1) is 21.4. The Balaban J connectivity index is 2.18. The van der Waals surface area contributed by atoms with Crippen LogP contribution in [-0.4, -0.2) is 18.5 Å². The van der Waals surface area contributed by atoms with Crippen LogP contribution in [0.5, 0.6) is 23.0 Å². The third-order valence-corrected chi connectivity index (χ3v) is 5.52. The van der Waals surface area contributed by atoms with Gasteiger partial charge in [0.15, 0.2) is 11.5 Å². The highest BCUT2D eigenvalue weighted by Gasteiger charge is 2.29. The van der Waals surface area contributed by atoms with E-state index in [1.54, 1.807) is 0 Å². The minimum Gasteiger partial charge on any atom is -0.507 e. The number of benzene rings is 2. The van der Waals surface area contributed by atoms with Gasteiger partial charge in [0, 0.05) is 17.5 Å². The number of phenolic OH excluding ortho intramolecular Hbond substituents is 1. The van der Waals surface area contributed by atoms with Gasteiger partial charge in [-0.1, -0.05) is 60.6 Å². The summed E-state index contributed by atoms with van der Waals surface area (Å²) in [6, 6.07) is 8.22. The second-order valence-electron chi connectivity index (χ2n) is 9.86. The van der Waals surface area contributed by atoms with Crippen molar-refractivity contribution in [1.82, 2.24) is 0 Å². The van der Waals surface area contributed by atoms with E-state index in [0.29, 0.717) is 12.4 Å². The molecule has 2 aromatic carbocycles. The molecule has 1 heterocycles. The second kappa shape index (κ2) is 7.47. The molecule has 0 bridgehead atoms. The summed E-state index contributed by atoms with van der Waals surface area (Å²) in [5.74, 6) is 2.75. The lowest BCUT2D eigenvalue weighted by Gasteiger charge is -2.29. The summed E-state index contributed by atoms with van der Waals surface area (Å²) < 4.78 is 17.1. The number of fused-ring (bicyclic) bond motifs is 1. The van der Waals surface area contributed by atoms with Gasteiger partial charge in [-0.2, -0.15) is 0 Å². The minimum atomic E-state index is -0.169. The van der Waals surface area contributed by atoms with E-state index >= 15 is 0 Å². The van der Waals surface area contributed by atoms with Gasteiger partial charge in [-0.05, 0) is 40.5 Å². The van der Waals surface area contributed by atoms with Crippen LogP contribution < -0.4 is 14.2 Å². The lowest BCUT2D eigenvalue weighted by Crippen LogP contribution is -2.18. The van der Waals surface area contributed by atoms with Crippen molar-refractivity contribution in [3.05, 3.63) is 46.5 Å². The third-order valence-electron chi connectivity index (χ3n) is 5.52. The maximum Gasteiger partial charge on any atom is 0.231 e. The first-order valence-electron chi connectivity index (χ1n) is 10.4. The maximum atomic E-state index is 11.0. The lowest BCUT2D eigenvalue weighted by atomic mass is 9.76. The van der Waals surface area contributed by atoms with Crippen LogP contribution in [0.15, 0.2) is 24.3 Å². The van der Waals surface area contributed by atoms with E-state index in [4.69, 9.17) is 14.2 Å². The zero-order valence-electron chi connectivity index (χ0n) is 19.0. The van der Waals surface area contributed by atoms with Crippen molar-refractivity contribution in [1.29, 1.82) is 0 Å². The SMILES string of the molecule is CCOc1cc2c(cc1C(C)c1cc(C(C)(C)C)c(O)c(C(C)(C)C)c1)OCO2. The molecular weight excluding hydrogens is 364 g/mol. The molecule has 4 nitrogen and oxygen atoms in total. The molecule has 158 valence electrons. The average molecular weight is 399 g/mol. The fourth-order valence-corrected chi connectivity index (χ4v) is 3.79. The van der Waals surface area contributed by atoms with Crippen molar-refractivity contribution in [2.75, 3.05) is 13.4 Å². The van der Waals surface area contributed by atoms with E-state index < -0.39 is 0 Å². The molecule has 1 atom stereocenters. The van der Waals surface area contributed by atoms with Gasteiger partial charge in [0.05, 0.1) is 6.61 Å². The zero-order chi connectivity index (χ0) is 21.6. The Hall–Kier alpha value is -2.36. The molecule has 0 fully saturated rings. The van der Waals surface area contributed by atoms with Gasteiger partial charge in [0.25, 0.3) is 0 Å². The predicted octanol–water partition coefficient (Wildman–Crippen LogP) is 6.27. The summed E-state index contributed by atoms with van der Waals surface area (Å²) in [6.45, 7) is 17.8. The Labute approximate surface area is 174 Å². The average Bonchev–Trinajstić information content (AvgIpc) is 3.06. The zero-order valence-corrected chi connectivity index (χ0v) is 19.0. The molecule has 0 radical (unpaired) electrons. The molecule has 0 amide bonds. The van der Waals surface area contributed by atoms with Gasteiger partial charge in [-0.25, -0.2) is 0 Å². The fourth-order valence-electron chi connectivity index (χ4n) is 3.79.